The minimum atomic E-state index is 0.0318. The standard InChI is InChI=1S/C13H19N3O/c1-10-4-3-7-16(10)9-13(17)15-12-6-2-5-11(14)8-12/h2,5-6,8,10H,3-4,7,9,14H2,1H3,(H,15,17)/t10-/m1/s1. The van der Waals surface area contributed by atoms with Gasteiger partial charge in [-0.2, -0.15) is 0 Å². The maximum atomic E-state index is 11.8. The number of rotatable bonds is 3. The monoisotopic (exact) mass is 233 g/mol. The first-order chi connectivity index (χ1) is 8.15. The molecule has 3 N–H and O–H groups in total. The van der Waals surface area contributed by atoms with Crippen LogP contribution in [0.4, 0.5) is 11.4 Å². The Labute approximate surface area is 102 Å². The van der Waals surface area contributed by atoms with Crippen LogP contribution in [0, 0.1) is 0 Å². The van der Waals surface area contributed by atoms with Gasteiger partial charge >= 0.3 is 0 Å². The van der Waals surface area contributed by atoms with Gasteiger partial charge in [0.25, 0.3) is 0 Å². The van der Waals surface area contributed by atoms with Crippen molar-refractivity contribution in [1.82, 2.24) is 4.90 Å². The normalized spacial score (nSPS) is 20.4. The van der Waals surface area contributed by atoms with Gasteiger partial charge in [0.05, 0.1) is 6.54 Å². The van der Waals surface area contributed by atoms with E-state index in [4.69, 9.17) is 5.73 Å². The lowest BCUT2D eigenvalue weighted by Gasteiger charge is -2.20. The highest BCUT2D eigenvalue weighted by Crippen LogP contribution is 2.16. The van der Waals surface area contributed by atoms with Crippen LogP contribution in [-0.2, 0) is 4.79 Å². The molecule has 4 nitrogen and oxygen atoms in total. The lowest BCUT2D eigenvalue weighted by atomic mass is 10.2. The second-order valence-electron chi connectivity index (χ2n) is 4.64. The van der Waals surface area contributed by atoms with Crippen molar-refractivity contribution in [2.24, 2.45) is 0 Å². The highest BCUT2D eigenvalue weighted by Gasteiger charge is 2.22. The smallest absolute Gasteiger partial charge is 0.238 e. The van der Waals surface area contributed by atoms with Crippen molar-refractivity contribution in [2.75, 3.05) is 24.1 Å². The molecule has 1 heterocycles. The predicted octanol–water partition coefficient (Wildman–Crippen LogP) is 1.69. The molecule has 0 spiro atoms. The van der Waals surface area contributed by atoms with Gasteiger partial charge in [0.2, 0.25) is 5.91 Å². The number of hydrogen-bond acceptors (Lipinski definition) is 3. The summed E-state index contributed by atoms with van der Waals surface area (Å²) in [5.74, 6) is 0.0318. The Morgan fingerprint density at radius 2 is 2.41 bits per heavy atom. The molecule has 1 fully saturated rings. The SMILES string of the molecule is C[C@@H]1CCCN1CC(=O)Nc1cccc(N)c1. The third kappa shape index (κ3) is 3.20. The van der Waals surface area contributed by atoms with E-state index in [0.717, 1.165) is 12.2 Å². The van der Waals surface area contributed by atoms with Crippen molar-refractivity contribution in [2.45, 2.75) is 25.8 Å². The molecule has 0 unspecified atom stereocenters. The molecule has 0 bridgehead atoms. The van der Waals surface area contributed by atoms with Crippen molar-refractivity contribution in [1.29, 1.82) is 0 Å². The number of carbonyl (C=O) groups is 1. The summed E-state index contributed by atoms with van der Waals surface area (Å²) >= 11 is 0. The number of benzene rings is 1. The van der Waals surface area contributed by atoms with Crippen LogP contribution in [0.25, 0.3) is 0 Å². The molecule has 0 radical (unpaired) electrons. The summed E-state index contributed by atoms with van der Waals surface area (Å²) < 4.78 is 0. The summed E-state index contributed by atoms with van der Waals surface area (Å²) in [7, 11) is 0. The van der Waals surface area contributed by atoms with E-state index in [1.807, 2.05) is 12.1 Å². The molecule has 17 heavy (non-hydrogen) atoms. The average Bonchev–Trinajstić information content (AvgIpc) is 2.64. The summed E-state index contributed by atoms with van der Waals surface area (Å²) in [6, 6.07) is 7.77. The fourth-order valence-corrected chi connectivity index (χ4v) is 2.23. The zero-order chi connectivity index (χ0) is 12.3. The summed E-state index contributed by atoms with van der Waals surface area (Å²) in [4.78, 5) is 14.0. The van der Waals surface area contributed by atoms with Crippen LogP contribution in [0.1, 0.15) is 19.8 Å². The summed E-state index contributed by atoms with van der Waals surface area (Å²) in [6.45, 7) is 3.66. The van der Waals surface area contributed by atoms with Crippen molar-refractivity contribution < 1.29 is 4.79 Å². The Morgan fingerprint density at radius 1 is 1.59 bits per heavy atom. The quantitative estimate of drug-likeness (QED) is 0.781. The van der Waals surface area contributed by atoms with E-state index in [-0.39, 0.29) is 5.91 Å². The predicted molar refractivity (Wildman–Crippen MR) is 69.8 cm³/mol. The lowest BCUT2D eigenvalue weighted by molar-refractivity contribution is -0.117. The molecule has 1 aliphatic heterocycles. The Kier molecular flexibility index (Phi) is 3.64. The first-order valence-electron chi connectivity index (χ1n) is 6.04. The number of hydrogen-bond donors (Lipinski definition) is 2. The largest absolute Gasteiger partial charge is 0.399 e. The average molecular weight is 233 g/mol. The van der Waals surface area contributed by atoms with Crippen molar-refractivity contribution >= 4 is 17.3 Å². The zero-order valence-electron chi connectivity index (χ0n) is 10.1. The first kappa shape index (κ1) is 11.9. The molecule has 1 saturated heterocycles. The van der Waals surface area contributed by atoms with Gasteiger partial charge in [-0.15, -0.1) is 0 Å². The lowest BCUT2D eigenvalue weighted by Crippen LogP contribution is -2.35. The van der Waals surface area contributed by atoms with Crippen LogP contribution < -0.4 is 11.1 Å². The highest BCUT2D eigenvalue weighted by molar-refractivity contribution is 5.92. The van der Waals surface area contributed by atoms with E-state index >= 15 is 0 Å². The van der Waals surface area contributed by atoms with Crippen LogP contribution in [-0.4, -0.2) is 29.9 Å². The number of nitrogens with two attached hydrogens (primary N) is 1. The van der Waals surface area contributed by atoms with E-state index in [1.54, 1.807) is 12.1 Å². The van der Waals surface area contributed by atoms with Crippen LogP contribution in [0.2, 0.25) is 0 Å². The van der Waals surface area contributed by atoms with Crippen molar-refractivity contribution in [3.63, 3.8) is 0 Å². The number of nitrogen functional groups attached to an aromatic ring is 1. The fourth-order valence-electron chi connectivity index (χ4n) is 2.23. The number of likely N-dealkylation sites (tertiary alicyclic amines) is 1. The van der Waals surface area contributed by atoms with Crippen molar-refractivity contribution in [3.05, 3.63) is 24.3 Å². The molecule has 0 aromatic heterocycles. The molecule has 0 saturated carbocycles. The zero-order valence-corrected chi connectivity index (χ0v) is 10.1. The van der Waals surface area contributed by atoms with Crippen LogP contribution in [0.3, 0.4) is 0 Å². The molecule has 0 aliphatic carbocycles. The molecular formula is C13H19N3O. The summed E-state index contributed by atoms with van der Waals surface area (Å²) in [5, 5.41) is 2.87. The van der Waals surface area contributed by atoms with Gasteiger partial charge in [0, 0.05) is 17.4 Å². The number of nitrogens with zero attached hydrogens (tertiary/aromatic N) is 1. The van der Waals surface area contributed by atoms with E-state index in [1.165, 1.54) is 12.8 Å². The molecule has 1 aromatic rings. The summed E-state index contributed by atoms with van der Waals surface area (Å²) in [5.41, 5.74) is 7.09. The minimum absolute atomic E-state index is 0.0318. The molecule has 1 aromatic carbocycles. The van der Waals surface area contributed by atoms with Gasteiger partial charge in [0.1, 0.15) is 0 Å². The minimum Gasteiger partial charge on any atom is -0.399 e. The molecule has 92 valence electrons. The second-order valence-corrected chi connectivity index (χ2v) is 4.64. The number of anilines is 2. The van der Waals surface area contributed by atoms with E-state index in [2.05, 4.69) is 17.1 Å². The van der Waals surface area contributed by atoms with Gasteiger partial charge in [-0.1, -0.05) is 6.07 Å². The number of carbonyl (C=O) groups excluding carboxylic acids is 1. The molecule has 1 atom stereocenters. The van der Waals surface area contributed by atoms with E-state index < -0.39 is 0 Å². The van der Waals surface area contributed by atoms with Crippen molar-refractivity contribution in [3.8, 4) is 0 Å². The Morgan fingerprint density at radius 3 is 3.06 bits per heavy atom. The molecule has 2 rings (SSSR count). The Hall–Kier alpha value is -1.55. The van der Waals surface area contributed by atoms with Crippen LogP contribution >= 0.6 is 0 Å². The maximum Gasteiger partial charge on any atom is 0.238 e. The third-order valence-corrected chi connectivity index (χ3v) is 3.21. The van der Waals surface area contributed by atoms with E-state index in [0.29, 0.717) is 18.3 Å². The first-order valence-corrected chi connectivity index (χ1v) is 6.04. The molecule has 4 heteroatoms. The van der Waals surface area contributed by atoms with Gasteiger partial charge < -0.3 is 11.1 Å². The van der Waals surface area contributed by atoms with Crippen LogP contribution in [0.15, 0.2) is 24.3 Å². The third-order valence-electron chi connectivity index (χ3n) is 3.21. The molecular weight excluding hydrogens is 214 g/mol. The number of nitrogens with one attached hydrogen (secondary N) is 1. The fraction of sp³-hybridized carbons (Fsp3) is 0.462. The van der Waals surface area contributed by atoms with Crippen LogP contribution in [0.5, 0.6) is 0 Å². The summed E-state index contributed by atoms with van der Waals surface area (Å²) in [6.07, 6.45) is 2.37. The molecule has 1 aliphatic rings. The van der Waals surface area contributed by atoms with Gasteiger partial charge in [-0.05, 0) is 44.5 Å². The van der Waals surface area contributed by atoms with E-state index in [9.17, 15) is 4.79 Å². The van der Waals surface area contributed by atoms with Gasteiger partial charge in [0.15, 0.2) is 0 Å². The Balaban J connectivity index is 1.89. The topological polar surface area (TPSA) is 58.4 Å². The molecule has 1 amide bonds. The number of amides is 1. The Bertz CT molecular complexity index is 405. The second kappa shape index (κ2) is 5.19. The maximum absolute atomic E-state index is 11.8. The van der Waals surface area contributed by atoms with Gasteiger partial charge in [-0.3, -0.25) is 9.69 Å². The van der Waals surface area contributed by atoms with Gasteiger partial charge in [-0.25, -0.2) is 0 Å². The highest BCUT2D eigenvalue weighted by atomic mass is 16.2.